The van der Waals surface area contributed by atoms with E-state index in [9.17, 15) is 9.90 Å². The zero-order chi connectivity index (χ0) is 24.5. The monoisotopic (exact) mass is 469 g/mol. The molecule has 0 heterocycles. The molecule has 1 amide bonds. The summed E-state index contributed by atoms with van der Waals surface area (Å²) in [4.78, 5) is 14.9. The van der Waals surface area contributed by atoms with Crippen LogP contribution >= 0.6 is 0 Å². The minimum absolute atomic E-state index is 0.0129. The number of aliphatic hydroxyl groups excluding tert-OH is 1. The van der Waals surface area contributed by atoms with Crippen LogP contribution in [0.3, 0.4) is 0 Å². The fourth-order valence-electron chi connectivity index (χ4n) is 3.15. The van der Waals surface area contributed by atoms with Gasteiger partial charge in [-0.25, -0.2) is 4.79 Å². The second kappa shape index (κ2) is 12.2. The van der Waals surface area contributed by atoms with Crippen molar-refractivity contribution < 1.29 is 19.1 Å². The lowest BCUT2D eigenvalue weighted by molar-refractivity contribution is 0.00738. The summed E-state index contributed by atoms with van der Waals surface area (Å²) >= 11 is 0. The molecule has 0 aliphatic heterocycles. The largest absolute Gasteiger partial charge is 0.445 e. The molecule has 5 nitrogen and oxygen atoms in total. The predicted octanol–water partition coefficient (Wildman–Crippen LogP) is 6.15. The number of rotatable bonds is 11. The summed E-state index contributed by atoms with van der Waals surface area (Å²) in [5.41, 5.74) is 1.86. The quantitative estimate of drug-likeness (QED) is 0.317. The van der Waals surface area contributed by atoms with Crippen LogP contribution in [0.15, 0.2) is 73.3 Å². The van der Waals surface area contributed by atoms with Gasteiger partial charge in [0, 0.05) is 6.54 Å². The number of ether oxygens (including phenoxy) is 1. The zero-order valence-corrected chi connectivity index (χ0v) is 21.7. The van der Waals surface area contributed by atoms with Gasteiger partial charge in [0.2, 0.25) is 0 Å². The molecule has 0 aliphatic carbocycles. The number of nitrogens with zero attached hydrogens (tertiary/aromatic N) is 1. The van der Waals surface area contributed by atoms with Crippen molar-refractivity contribution in [2.45, 2.75) is 70.6 Å². The topological polar surface area (TPSA) is 59.0 Å². The van der Waals surface area contributed by atoms with Crippen LogP contribution in [0.25, 0.3) is 0 Å². The third-order valence-electron chi connectivity index (χ3n) is 6.31. The maximum absolute atomic E-state index is 13.3. The highest BCUT2D eigenvalue weighted by molar-refractivity contribution is 6.74. The van der Waals surface area contributed by atoms with Gasteiger partial charge < -0.3 is 14.3 Å². The Morgan fingerprint density at radius 1 is 1.06 bits per heavy atom. The van der Waals surface area contributed by atoms with Crippen LogP contribution in [-0.4, -0.2) is 43.2 Å². The summed E-state index contributed by atoms with van der Waals surface area (Å²) in [7, 11) is -2.10. The van der Waals surface area contributed by atoms with Gasteiger partial charge in [-0.15, -0.1) is 6.58 Å². The number of hydrogen-bond donors (Lipinski definition) is 1. The van der Waals surface area contributed by atoms with Crippen molar-refractivity contribution in [3.8, 4) is 0 Å². The van der Waals surface area contributed by atoms with Crippen molar-refractivity contribution in [3.63, 3.8) is 0 Å². The Morgan fingerprint density at radius 2 is 1.61 bits per heavy atom. The molecule has 0 spiro atoms. The van der Waals surface area contributed by atoms with E-state index in [0.29, 0.717) is 13.0 Å². The zero-order valence-electron chi connectivity index (χ0n) is 20.7. The van der Waals surface area contributed by atoms with Gasteiger partial charge in [0.15, 0.2) is 8.32 Å². The highest BCUT2D eigenvalue weighted by Gasteiger charge is 2.39. The molecule has 0 fully saturated rings. The normalized spacial score (nSPS) is 13.8. The summed E-state index contributed by atoms with van der Waals surface area (Å²) in [6.07, 6.45) is 0.720. The Labute approximate surface area is 200 Å². The van der Waals surface area contributed by atoms with Crippen molar-refractivity contribution in [2.75, 3.05) is 6.61 Å². The van der Waals surface area contributed by atoms with Crippen LogP contribution < -0.4 is 0 Å². The van der Waals surface area contributed by atoms with Gasteiger partial charge in [-0.1, -0.05) is 87.5 Å². The SMILES string of the molecule is C=CC[C@H](O)[C@H](CO[Si](C)(C)C(C)(C)C)N(Cc1ccccc1)C(=O)OCc1ccccc1. The van der Waals surface area contributed by atoms with E-state index in [0.717, 1.165) is 11.1 Å². The van der Waals surface area contributed by atoms with E-state index >= 15 is 0 Å². The Balaban J connectivity index is 2.29. The van der Waals surface area contributed by atoms with Crippen LogP contribution in [0.4, 0.5) is 4.79 Å². The Kier molecular flexibility index (Phi) is 9.89. The maximum atomic E-state index is 13.3. The van der Waals surface area contributed by atoms with Gasteiger partial charge in [0.1, 0.15) is 6.61 Å². The molecule has 2 atom stereocenters. The highest BCUT2D eigenvalue weighted by atomic mass is 28.4. The van der Waals surface area contributed by atoms with Gasteiger partial charge in [0.25, 0.3) is 0 Å². The molecule has 0 saturated heterocycles. The number of amides is 1. The first-order valence-corrected chi connectivity index (χ1v) is 14.4. The standard InChI is InChI=1S/C27H39NO4Si/c1-7-14-25(29)24(21-32-33(5,6)27(2,3)4)28(19-22-15-10-8-11-16-22)26(30)31-20-23-17-12-9-13-18-23/h7-13,15-18,24-25,29H,1,14,19-21H2,2-6H3/t24-,25-/m0/s1. The molecule has 180 valence electrons. The minimum atomic E-state index is -2.10. The molecule has 0 aliphatic rings. The van der Waals surface area contributed by atoms with E-state index in [1.807, 2.05) is 60.7 Å². The Bertz CT molecular complexity index is 865. The number of benzene rings is 2. The van der Waals surface area contributed by atoms with Gasteiger partial charge in [-0.05, 0) is 35.7 Å². The molecular formula is C27H39NO4Si. The average Bonchev–Trinajstić information content (AvgIpc) is 2.77. The fourth-order valence-corrected chi connectivity index (χ4v) is 4.17. The molecule has 0 radical (unpaired) electrons. The summed E-state index contributed by atoms with van der Waals surface area (Å²) in [6.45, 7) is 15.3. The second-order valence-corrected chi connectivity index (χ2v) is 14.7. The summed E-state index contributed by atoms with van der Waals surface area (Å²) in [5, 5.41) is 11.0. The van der Waals surface area contributed by atoms with Gasteiger partial charge in [-0.3, -0.25) is 4.90 Å². The first-order chi connectivity index (χ1) is 15.5. The van der Waals surface area contributed by atoms with E-state index < -0.39 is 26.6 Å². The highest BCUT2D eigenvalue weighted by Crippen LogP contribution is 2.37. The number of carbonyl (C=O) groups excluding carboxylic acids is 1. The van der Waals surface area contributed by atoms with E-state index in [-0.39, 0.29) is 18.3 Å². The predicted molar refractivity (Wildman–Crippen MR) is 136 cm³/mol. The van der Waals surface area contributed by atoms with Gasteiger partial charge >= 0.3 is 6.09 Å². The van der Waals surface area contributed by atoms with E-state index in [4.69, 9.17) is 9.16 Å². The second-order valence-electron chi connectivity index (χ2n) is 9.88. The average molecular weight is 470 g/mol. The molecule has 0 unspecified atom stereocenters. The van der Waals surface area contributed by atoms with E-state index in [2.05, 4.69) is 40.4 Å². The van der Waals surface area contributed by atoms with E-state index in [1.165, 1.54) is 0 Å². The lowest BCUT2D eigenvalue weighted by atomic mass is 10.1. The Morgan fingerprint density at radius 3 is 2.12 bits per heavy atom. The summed E-state index contributed by atoms with van der Waals surface area (Å²) in [5.74, 6) is 0. The van der Waals surface area contributed by atoms with Crippen molar-refractivity contribution in [3.05, 3.63) is 84.4 Å². The molecule has 2 aromatic rings. The molecule has 0 bridgehead atoms. The Hall–Kier alpha value is -2.41. The molecule has 0 aromatic heterocycles. The molecule has 2 aromatic carbocycles. The van der Waals surface area contributed by atoms with Gasteiger partial charge in [0.05, 0.1) is 18.8 Å². The lowest BCUT2D eigenvalue weighted by Crippen LogP contribution is -2.52. The molecule has 2 rings (SSSR count). The van der Waals surface area contributed by atoms with Crippen molar-refractivity contribution in [2.24, 2.45) is 0 Å². The smallest absolute Gasteiger partial charge is 0.410 e. The maximum Gasteiger partial charge on any atom is 0.410 e. The third-order valence-corrected chi connectivity index (χ3v) is 10.8. The van der Waals surface area contributed by atoms with Crippen molar-refractivity contribution in [1.82, 2.24) is 4.90 Å². The molecule has 6 heteroatoms. The first-order valence-electron chi connectivity index (χ1n) is 11.5. The van der Waals surface area contributed by atoms with Crippen LogP contribution in [0, 0.1) is 0 Å². The number of carbonyl (C=O) groups is 1. The summed E-state index contributed by atoms with van der Waals surface area (Å²) in [6, 6.07) is 18.7. The fraction of sp³-hybridized carbons (Fsp3) is 0.444. The van der Waals surface area contributed by atoms with Crippen LogP contribution in [-0.2, 0) is 22.3 Å². The van der Waals surface area contributed by atoms with Crippen LogP contribution in [0.5, 0.6) is 0 Å². The molecular weight excluding hydrogens is 430 g/mol. The van der Waals surface area contributed by atoms with Crippen LogP contribution in [0.2, 0.25) is 18.1 Å². The number of aliphatic hydroxyl groups is 1. The minimum Gasteiger partial charge on any atom is -0.445 e. The van der Waals surface area contributed by atoms with Crippen molar-refractivity contribution >= 4 is 14.4 Å². The summed E-state index contributed by atoms with van der Waals surface area (Å²) < 4.78 is 12.1. The number of hydrogen-bond acceptors (Lipinski definition) is 4. The lowest BCUT2D eigenvalue weighted by Gasteiger charge is -2.40. The van der Waals surface area contributed by atoms with Crippen LogP contribution in [0.1, 0.15) is 38.3 Å². The van der Waals surface area contributed by atoms with Crippen molar-refractivity contribution in [1.29, 1.82) is 0 Å². The van der Waals surface area contributed by atoms with E-state index in [1.54, 1.807) is 11.0 Å². The first kappa shape index (κ1) is 26.8. The van der Waals surface area contributed by atoms with Gasteiger partial charge in [-0.2, -0.15) is 0 Å². The molecule has 33 heavy (non-hydrogen) atoms. The molecule has 1 N–H and O–H groups in total. The molecule has 0 saturated carbocycles. The third kappa shape index (κ3) is 8.14.